The molecule has 3 aromatic rings. The lowest BCUT2D eigenvalue weighted by Gasteiger charge is -2.43. The van der Waals surface area contributed by atoms with Gasteiger partial charge in [-0.25, -0.2) is 4.79 Å². The molecule has 0 amide bonds. The van der Waals surface area contributed by atoms with Crippen LogP contribution in [0.25, 0.3) is 21.7 Å². The van der Waals surface area contributed by atoms with Crippen LogP contribution >= 0.6 is 11.6 Å². The van der Waals surface area contributed by atoms with Gasteiger partial charge in [0.05, 0.1) is 10.4 Å². The largest absolute Gasteiger partial charge is 0.463 e. The molecular weight excluding hydrogens is 552 g/mol. The van der Waals surface area contributed by atoms with Gasteiger partial charge >= 0.3 is 29.5 Å². The Kier molecular flexibility index (Phi) is 8.60. The van der Waals surface area contributed by atoms with Crippen molar-refractivity contribution in [1.29, 1.82) is 0 Å². The van der Waals surface area contributed by atoms with Gasteiger partial charge in [-0.05, 0) is 17.5 Å². The van der Waals surface area contributed by atoms with E-state index >= 15 is 0 Å². The van der Waals surface area contributed by atoms with E-state index in [0.717, 1.165) is 27.7 Å². The van der Waals surface area contributed by atoms with Crippen LogP contribution in [-0.4, -0.2) is 61.2 Å². The standard InChI is InChI=1S/C27H25ClO12/c1-12(29)34-11-22-23(35-13(2)30)24(36-14(3)31)25(37-15(4)32)27(40-22)39-21-10-20-18(9-19(21)28)16-7-5-6-8-17(16)26(33)38-20/h5-10,22-25,27H,11H2,1-4H3/t22-,23-,24-,25+,27-/m0/s1. The van der Waals surface area contributed by atoms with Gasteiger partial charge in [0.15, 0.2) is 12.2 Å². The van der Waals surface area contributed by atoms with Crippen LogP contribution < -0.4 is 10.4 Å². The zero-order chi connectivity index (χ0) is 29.1. The summed E-state index contributed by atoms with van der Waals surface area (Å²) in [5.74, 6) is -3.04. The summed E-state index contributed by atoms with van der Waals surface area (Å²) < 4.78 is 38.6. The molecule has 40 heavy (non-hydrogen) atoms. The van der Waals surface area contributed by atoms with Gasteiger partial charge in [0, 0.05) is 39.1 Å². The van der Waals surface area contributed by atoms with Crippen LogP contribution in [0.3, 0.4) is 0 Å². The number of carbonyl (C=O) groups excluding carboxylic acids is 4. The molecule has 0 unspecified atom stereocenters. The predicted molar refractivity (Wildman–Crippen MR) is 138 cm³/mol. The predicted octanol–water partition coefficient (Wildman–Crippen LogP) is 3.06. The monoisotopic (exact) mass is 576 g/mol. The minimum atomic E-state index is -1.51. The molecule has 5 atom stereocenters. The summed E-state index contributed by atoms with van der Waals surface area (Å²) in [6.07, 6.45) is -6.96. The van der Waals surface area contributed by atoms with Gasteiger partial charge in [-0.15, -0.1) is 0 Å². The molecule has 1 aromatic heterocycles. The molecule has 13 heteroatoms. The number of fused-ring (bicyclic) bond motifs is 3. The normalized spacial score (nSPS) is 22.4. The van der Waals surface area contributed by atoms with Crippen molar-refractivity contribution in [3.05, 3.63) is 51.8 Å². The molecule has 2 aromatic carbocycles. The van der Waals surface area contributed by atoms with E-state index in [4.69, 9.17) is 44.4 Å². The third kappa shape index (κ3) is 6.35. The molecule has 0 radical (unpaired) electrons. The summed E-state index contributed by atoms with van der Waals surface area (Å²) in [5.41, 5.74) is -0.433. The molecule has 12 nitrogen and oxygen atoms in total. The molecule has 0 spiro atoms. The number of benzene rings is 2. The Morgan fingerprint density at radius 1 is 0.800 bits per heavy atom. The molecule has 0 aliphatic carbocycles. The van der Waals surface area contributed by atoms with Crippen molar-refractivity contribution >= 4 is 57.2 Å². The van der Waals surface area contributed by atoms with Gasteiger partial charge < -0.3 is 32.8 Å². The first-order valence-corrected chi connectivity index (χ1v) is 12.4. The number of hydrogen-bond acceptors (Lipinski definition) is 12. The molecule has 4 rings (SSSR count). The van der Waals surface area contributed by atoms with E-state index in [1.165, 1.54) is 12.1 Å². The highest BCUT2D eigenvalue weighted by Crippen LogP contribution is 2.36. The maximum atomic E-state index is 12.5. The lowest BCUT2D eigenvalue weighted by Crippen LogP contribution is -2.63. The second-order valence-electron chi connectivity index (χ2n) is 8.90. The number of hydrogen-bond donors (Lipinski definition) is 0. The van der Waals surface area contributed by atoms with E-state index in [1.807, 2.05) is 0 Å². The molecule has 0 saturated carbocycles. The van der Waals surface area contributed by atoms with Crippen molar-refractivity contribution in [3.8, 4) is 5.75 Å². The SMILES string of the molecule is CC(=O)OC[C@@H]1O[C@H](Oc2cc3oc(=O)c4ccccc4c3cc2Cl)[C@H](OC(C)=O)[C@@H](OC(C)=O)[C@H]1OC(C)=O. The first-order chi connectivity index (χ1) is 18.9. The number of ether oxygens (including phenoxy) is 6. The van der Waals surface area contributed by atoms with E-state index in [0.29, 0.717) is 16.2 Å². The van der Waals surface area contributed by atoms with Crippen molar-refractivity contribution in [2.45, 2.75) is 58.4 Å². The van der Waals surface area contributed by atoms with Crippen molar-refractivity contribution in [1.82, 2.24) is 0 Å². The summed E-state index contributed by atoms with van der Waals surface area (Å²) in [6.45, 7) is 4.06. The fraction of sp³-hybridized carbons (Fsp3) is 0.370. The highest BCUT2D eigenvalue weighted by molar-refractivity contribution is 6.33. The van der Waals surface area contributed by atoms with Crippen LogP contribution in [0.4, 0.5) is 0 Å². The van der Waals surface area contributed by atoms with Crippen molar-refractivity contribution < 1.29 is 52.0 Å². The number of carbonyl (C=O) groups is 4. The van der Waals surface area contributed by atoms with Crippen LogP contribution in [0.15, 0.2) is 45.6 Å². The quantitative estimate of drug-likeness (QED) is 0.176. The lowest BCUT2D eigenvalue weighted by molar-refractivity contribution is -0.288. The Balaban J connectivity index is 1.78. The summed E-state index contributed by atoms with van der Waals surface area (Å²) in [4.78, 5) is 60.0. The summed E-state index contributed by atoms with van der Waals surface area (Å²) in [6, 6.07) is 9.72. The summed E-state index contributed by atoms with van der Waals surface area (Å²) >= 11 is 6.54. The molecule has 0 N–H and O–H groups in total. The first kappa shape index (κ1) is 28.8. The highest BCUT2D eigenvalue weighted by Gasteiger charge is 2.53. The van der Waals surface area contributed by atoms with Gasteiger partial charge in [0.2, 0.25) is 12.4 Å². The number of esters is 4. The van der Waals surface area contributed by atoms with Crippen LogP contribution in [0, 0.1) is 0 Å². The van der Waals surface area contributed by atoms with Crippen molar-refractivity contribution in [2.24, 2.45) is 0 Å². The topological polar surface area (TPSA) is 154 Å². The Morgan fingerprint density at radius 2 is 1.40 bits per heavy atom. The van der Waals surface area contributed by atoms with E-state index in [2.05, 4.69) is 0 Å². The molecule has 1 aliphatic heterocycles. The van der Waals surface area contributed by atoms with Gasteiger partial charge in [-0.1, -0.05) is 29.8 Å². The maximum absolute atomic E-state index is 12.5. The van der Waals surface area contributed by atoms with Crippen molar-refractivity contribution in [2.75, 3.05) is 6.61 Å². The molecule has 1 fully saturated rings. The minimum absolute atomic E-state index is 0.0338. The fourth-order valence-corrected chi connectivity index (χ4v) is 4.59. The molecule has 2 heterocycles. The van der Waals surface area contributed by atoms with Crippen LogP contribution in [0.2, 0.25) is 5.02 Å². The number of halogens is 1. The lowest BCUT2D eigenvalue weighted by atomic mass is 9.98. The van der Waals surface area contributed by atoms with Gasteiger partial charge in [0.25, 0.3) is 0 Å². The zero-order valence-corrected chi connectivity index (χ0v) is 22.6. The van der Waals surface area contributed by atoms with E-state index in [9.17, 15) is 24.0 Å². The summed E-state index contributed by atoms with van der Waals surface area (Å²) in [5, 5.41) is 1.59. The average molecular weight is 577 g/mol. The molecule has 1 aliphatic rings. The van der Waals surface area contributed by atoms with Gasteiger partial charge in [-0.2, -0.15) is 0 Å². The first-order valence-electron chi connectivity index (χ1n) is 12.1. The fourth-order valence-electron chi connectivity index (χ4n) is 4.38. The Hall–Kier alpha value is -4.16. The molecule has 212 valence electrons. The zero-order valence-electron chi connectivity index (χ0n) is 21.8. The number of rotatable bonds is 7. The van der Waals surface area contributed by atoms with Crippen molar-refractivity contribution in [3.63, 3.8) is 0 Å². The molecular formula is C27H25ClO12. The molecule has 0 bridgehead atoms. The van der Waals surface area contributed by atoms with Gasteiger partial charge in [-0.3, -0.25) is 19.2 Å². The Morgan fingerprint density at radius 3 is 2.02 bits per heavy atom. The molecule has 1 saturated heterocycles. The van der Waals surface area contributed by atoms with Crippen LogP contribution in [0.5, 0.6) is 5.75 Å². The minimum Gasteiger partial charge on any atom is -0.463 e. The second kappa shape index (κ2) is 11.9. The smallest absolute Gasteiger partial charge is 0.344 e. The average Bonchev–Trinajstić information content (AvgIpc) is 2.87. The summed E-state index contributed by atoms with van der Waals surface area (Å²) in [7, 11) is 0. The second-order valence-corrected chi connectivity index (χ2v) is 9.31. The third-order valence-corrected chi connectivity index (χ3v) is 6.16. The van der Waals surface area contributed by atoms with E-state index in [-0.39, 0.29) is 16.4 Å². The Bertz CT molecular complexity index is 1530. The van der Waals surface area contributed by atoms with Crippen LogP contribution in [-0.2, 0) is 42.9 Å². The third-order valence-electron chi connectivity index (χ3n) is 5.87. The van der Waals surface area contributed by atoms with Gasteiger partial charge in [0.1, 0.15) is 24.0 Å². The highest BCUT2D eigenvalue weighted by atomic mass is 35.5. The maximum Gasteiger partial charge on any atom is 0.344 e. The van der Waals surface area contributed by atoms with Crippen LogP contribution in [0.1, 0.15) is 27.7 Å². The Labute approximate surface area is 231 Å². The van der Waals surface area contributed by atoms with E-state index < -0.39 is 66.8 Å². The van der Waals surface area contributed by atoms with E-state index in [1.54, 1.807) is 24.3 Å².